The summed E-state index contributed by atoms with van der Waals surface area (Å²) < 4.78 is 18.9. The number of aromatic nitrogens is 2. The molecule has 1 saturated heterocycles. The molecule has 5 nitrogen and oxygen atoms in total. The molecule has 3 heterocycles. The van der Waals surface area contributed by atoms with Gasteiger partial charge in [0.05, 0.1) is 24.6 Å². The van der Waals surface area contributed by atoms with Crippen LogP contribution in [-0.4, -0.2) is 47.7 Å². The van der Waals surface area contributed by atoms with Crippen LogP contribution >= 0.6 is 11.3 Å². The van der Waals surface area contributed by atoms with E-state index in [1.807, 2.05) is 12.1 Å². The highest BCUT2D eigenvalue weighted by molar-refractivity contribution is 7.18. The topological polar surface area (TPSA) is 50.3 Å². The van der Waals surface area contributed by atoms with Crippen molar-refractivity contribution in [1.29, 1.82) is 0 Å². The molecule has 3 aromatic rings. The number of nitrogens with zero attached hydrogens (tertiary/aromatic N) is 3. The molecule has 0 spiro atoms. The summed E-state index contributed by atoms with van der Waals surface area (Å²) >= 11 is 1.69. The molecule has 0 aliphatic carbocycles. The first kappa shape index (κ1) is 18.3. The third-order valence-corrected chi connectivity index (χ3v) is 6.28. The molecule has 1 atom stereocenters. The van der Waals surface area contributed by atoms with E-state index in [2.05, 4.69) is 34.0 Å². The highest BCUT2D eigenvalue weighted by Crippen LogP contribution is 2.33. The summed E-state index contributed by atoms with van der Waals surface area (Å²) in [6.45, 7) is 8.07. The molecule has 1 aliphatic rings. The Morgan fingerprint density at radius 3 is 2.67 bits per heavy atom. The number of fused-ring (bicyclic) bond motifs is 1. The summed E-state index contributed by atoms with van der Waals surface area (Å²) in [7, 11) is 0. The van der Waals surface area contributed by atoms with Crippen molar-refractivity contribution in [2.24, 2.45) is 0 Å². The maximum absolute atomic E-state index is 13.4. The number of thiophene rings is 1. The minimum absolute atomic E-state index is 0.125. The minimum atomic E-state index is -0.214. The fourth-order valence-electron chi connectivity index (χ4n) is 3.54. The summed E-state index contributed by atoms with van der Waals surface area (Å²) in [5.74, 6) is 0.650. The molecule has 0 saturated carbocycles. The van der Waals surface area contributed by atoms with Gasteiger partial charge in [0, 0.05) is 24.5 Å². The summed E-state index contributed by atoms with van der Waals surface area (Å²) in [6, 6.07) is 6.91. The molecule has 1 N–H and O–H groups in total. The van der Waals surface area contributed by atoms with Crippen molar-refractivity contribution in [1.82, 2.24) is 14.9 Å². The van der Waals surface area contributed by atoms with Gasteiger partial charge in [0.25, 0.3) is 0 Å². The largest absolute Gasteiger partial charge is 0.379 e. The summed E-state index contributed by atoms with van der Waals surface area (Å²) in [6.07, 6.45) is 1.61. The Bertz CT molecular complexity index is 922. The standard InChI is InChI=1S/C20H23FN4OS/c1-13-14(2)27-20-18(13)19(23-12-24-20)22-11-17(25-7-9-26-10-8-25)15-3-5-16(21)6-4-15/h3-6,12,17H,7-11H2,1-2H3,(H,22,23,24)/t17-/m0/s1. The van der Waals surface area contributed by atoms with Crippen molar-refractivity contribution < 1.29 is 9.13 Å². The van der Waals surface area contributed by atoms with Gasteiger partial charge in [-0.25, -0.2) is 14.4 Å². The zero-order valence-electron chi connectivity index (χ0n) is 15.5. The lowest BCUT2D eigenvalue weighted by molar-refractivity contribution is 0.0187. The van der Waals surface area contributed by atoms with Crippen LogP contribution in [0.4, 0.5) is 10.2 Å². The summed E-state index contributed by atoms with van der Waals surface area (Å²) in [4.78, 5) is 13.5. The normalized spacial score (nSPS) is 16.6. The van der Waals surface area contributed by atoms with E-state index < -0.39 is 0 Å². The second kappa shape index (κ2) is 7.88. The maximum Gasteiger partial charge on any atom is 0.138 e. The van der Waals surface area contributed by atoms with Crippen molar-refractivity contribution >= 4 is 27.4 Å². The molecule has 2 aromatic heterocycles. The van der Waals surface area contributed by atoms with E-state index in [0.29, 0.717) is 6.54 Å². The van der Waals surface area contributed by atoms with E-state index in [-0.39, 0.29) is 11.9 Å². The molecule has 142 valence electrons. The van der Waals surface area contributed by atoms with Gasteiger partial charge in [-0.05, 0) is 37.1 Å². The predicted molar refractivity (Wildman–Crippen MR) is 107 cm³/mol. The number of aryl methyl sites for hydroxylation is 2. The van der Waals surface area contributed by atoms with E-state index in [0.717, 1.165) is 47.9 Å². The number of rotatable bonds is 5. The van der Waals surface area contributed by atoms with Crippen LogP contribution in [0.15, 0.2) is 30.6 Å². The highest BCUT2D eigenvalue weighted by Gasteiger charge is 2.23. The molecule has 0 bridgehead atoms. The van der Waals surface area contributed by atoms with Crippen LogP contribution in [0.2, 0.25) is 0 Å². The van der Waals surface area contributed by atoms with Gasteiger partial charge >= 0.3 is 0 Å². The van der Waals surface area contributed by atoms with Crippen LogP contribution in [-0.2, 0) is 4.74 Å². The van der Waals surface area contributed by atoms with Gasteiger partial charge in [0.15, 0.2) is 0 Å². The van der Waals surface area contributed by atoms with Gasteiger partial charge in [0.1, 0.15) is 22.8 Å². The van der Waals surface area contributed by atoms with E-state index in [1.165, 1.54) is 22.6 Å². The van der Waals surface area contributed by atoms with E-state index in [1.54, 1.807) is 17.7 Å². The average molecular weight is 386 g/mol. The monoisotopic (exact) mass is 386 g/mol. The van der Waals surface area contributed by atoms with Crippen LogP contribution < -0.4 is 5.32 Å². The van der Waals surface area contributed by atoms with E-state index >= 15 is 0 Å². The third-order valence-electron chi connectivity index (χ3n) is 5.17. The average Bonchev–Trinajstić information content (AvgIpc) is 2.99. The number of hydrogen-bond donors (Lipinski definition) is 1. The molecule has 7 heteroatoms. The quantitative estimate of drug-likeness (QED) is 0.720. The summed E-state index contributed by atoms with van der Waals surface area (Å²) in [5, 5.41) is 4.63. The van der Waals surface area contributed by atoms with Crippen molar-refractivity contribution in [2.75, 3.05) is 38.2 Å². The van der Waals surface area contributed by atoms with Crippen LogP contribution in [0.5, 0.6) is 0 Å². The van der Waals surface area contributed by atoms with Gasteiger partial charge in [-0.2, -0.15) is 0 Å². The van der Waals surface area contributed by atoms with Crippen molar-refractivity contribution in [3.8, 4) is 0 Å². The first-order chi connectivity index (χ1) is 13.1. The van der Waals surface area contributed by atoms with Gasteiger partial charge in [-0.1, -0.05) is 12.1 Å². The molecule has 0 unspecified atom stereocenters. The first-order valence-electron chi connectivity index (χ1n) is 9.15. The number of anilines is 1. The number of benzene rings is 1. The number of halogens is 1. The molecule has 27 heavy (non-hydrogen) atoms. The summed E-state index contributed by atoms with van der Waals surface area (Å²) in [5.41, 5.74) is 2.32. The smallest absolute Gasteiger partial charge is 0.138 e. The molecule has 1 aliphatic heterocycles. The molecule has 4 rings (SSSR count). The molecular formula is C20H23FN4OS. The minimum Gasteiger partial charge on any atom is -0.379 e. The fourth-order valence-corrected chi connectivity index (χ4v) is 4.54. The lowest BCUT2D eigenvalue weighted by Crippen LogP contribution is -2.41. The Kier molecular flexibility index (Phi) is 5.33. The Hall–Kier alpha value is -2.09. The second-order valence-corrected chi connectivity index (χ2v) is 7.99. The molecule has 0 amide bonds. The number of ether oxygens (including phenoxy) is 1. The number of hydrogen-bond acceptors (Lipinski definition) is 6. The Labute approximate surface area is 162 Å². The lowest BCUT2D eigenvalue weighted by Gasteiger charge is -2.35. The number of morpholine rings is 1. The lowest BCUT2D eigenvalue weighted by atomic mass is 10.0. The van der Waals surface area contributed by atoms with Crippen LogP contribution in [0.3, 0.4) is 0 Å². The van der Waals surface area contributed by atoms with E-state index in [4.69, 9.17) is 4.74 Å². The molecule has 0 radical (unpaired) electrons. The van der Waals surface area contributed by atoms with Gasteiger partial charge in [0.2, 0.25) is 0 Å². The highest BCUT2D eigenvalue weighted by atomic mass is 32.1. The van der Waals surface area contributed by atoms with Gasteiger partial charge < -0.3 is 10.1 Å². The van der Waals surface area contributed by atoms with Crippen molar-refractivity contribution in [2.45, 2.75) is 19.9 Å². The third kappa shape index (κ3) is 3.81. The van der Waals surface area contributed by atoms with Crippen LogP contribution in [0.25, 0.3) is 10.2 Å². The fraction of sp³-hybridized carbons (Fsp3) is 0.400. The van der Waals surface area contributed by atoms with Gasteiger partial charge in [-0.3, -0.25) is 4.90 Å². The maximum atomic E-state index is 13.4. The predicted octanol–water partition coefficient (Wildman–Crippen LogP) is 3.93. The SMILES string of the molecule is Cc1sc2ncnc(NC[C@@H](c3ccc(F)cc3)N3CCOCC3)c2c1C. The second-order valence-electron chi connectivity index (χ2n) is 6.78. The Balaban J connectivity index is 1.61. The zero-order valence-corrected chi connectivity index (χ0v) is 16.4. The zero-order chi connectivity index (χ0) is 18.8. The molecule has 1 aromatic carbocycles. The van der Waals surface area contributed by atoms with E-state index in [9.17, 15) is 4.39 Å². The molecular weight excluding hydrogens is 363 g/mol. The van der Waals surface area contributed by atoms with Crippen molar-refractivity contribution in [3.05, 3.63) is 52.4 Å². The van der Waals surface area contributed by atoms with Gasteiger partial charge in [-0.15, -0.1) is 11.3 Å². The molecule has 1 fully saturated rings. The number of nitrogens with one attached hydrogen (secondary N) is 1. The van der Waals surface area contributed by atoms with Crippen LogP contribution in [0.1, 0.15) is 22.0 Å². The first-order valence-corrected chi connectivity index (χ1v) is 9.97. The Morgan fingerprint density at radius 2 is 1.93 bits per heavy atom. The van der Waals surface area contributed by atoms with Crippen LogP contribution in [0, 0.1) is 19.7 Å². The van der Waals surface area contributed by atoms with Crippen molar-refractivity contribution in [3.63, 3.8) is 0 Å². The Morgan fingerprint density at radius 1 is 1.19 bits per heavy atom.